The molecule has 0 bridgehead atoms. The van der Waals surface area contributed by atoms with E-state index in [0.717, 1.165) is 25.9 Å². The molecule has 1 fully saturated rings. The first-order valence-electron chi connectivity index (χ1n) is 6.99. The van der Waals surface area contributed by atoms with E-state index < -0.39 is 0 Å². The fraction of sp³-hybridized carbons (Fsp3) is 0.600. The van der Waals surface area contributed by atoms with Gasteiger partial charge in [0.1, 0.15) is 5.82 Å². The van der Waals surface area contributed by atoms with Crippen LogP contribution in [0.3, 0.4) is 0 Å². The molecule has 19 heavy (non-hydrogen) atoms. The fourth-order valence-electron chi connectivity index (χ4n) is 2.88. The first-order valence-corrected chi connectivity index (χ1v) is 6.99. The van der Waals surface area contributed by atoms with Gasteiger partial charge >= 0.3 is 0 Å². The Morgan fingerprint density at radius 2 is 2.16 bits per heavy atom. The Balaban J connectivity index is 2.02. The summed E-state index contributed by atoms with van der Waals surface area (Å²) in [7, 11) is 0. The van der Waals surface area contributed by atoms with Crippen LogP contribution < -0.4 is 5.73 Å². The van der Waals surface area contributed by atoms with Gasteiger partial charge in [-0.3, -0.25) is 4.90 Å². The van der Waals surface area contributed by atoms with Crippen LogP contribution in [0.15, 0.2) is 24.3 Å². The first kappa shape index (κ1) is 14.4. The second-order valence-electron chi connectivity index (χ2n) is 5.52. The zero-order chi connectivity index (χ0) is 13.8. The molecule has 1 heterocycles. The van der Waals surface area contributed by atoms with E-state index in [-0.39, 0.29) is 23.9 Å². The number of nitrogens with two attached hydrogens (primary N) is 1. The Labute approximate surface area is 114 Å². The van der Waals surface area contributed by atoms with Gasteiger partial charge < -0.3 is 10.8 Å². The standard InChI is InChI=1S/C15H23FN2O/c1-2-15(19)12-7-13(17)10-18(9-12)8-11-5-3-4-6-14(11)16/h3-6,12-13,15,19H,2,7-10,17H2,1H3. The molecular weight excluding hydrogens is 243 g/mol. The Hall–Kier alpha value is -0.970. The van der Waals surface area contributed by atoms with E-state index in [1.165, 1.54) is 6.07 Å². The van der Waals surface area contributed by atoms with Gasteiger partial charge in [-0.1, -0.05) is 25.1 Å². The number of benzene rings is 1. The van der Waals surface area contributed by atoms with Gasteiger partial charge in [0.2, 0.25) is 0 Å². The molecule has 1 aliphatic rings. The van der Waals surface area contributed by atoms with Crippen molar-refractivity contribution in [1.82, 2.24) is 4.90 Å². The van der Waals surface area contributed by atoms with Crippen molar-refractivity contribution in [2.75, 3.05) is 13.1 Å². The van der Waals surface area contributed by atoms with Crippen molar-refractivity contribution in [1.29, 1.82) is 0 Å². The maximum absolute atomic E-state index is 13.7. The summed E-state index contributed by atoms with van der Waals surface area (Å²) in [4.78, 5) is 2.15. The summed E-state index contributed by atoms with van der Waals surface area (Å²) in [5.41, 5.74) is 6.75. The molecule has 1 aromatic carbocycles. The van der Waals surface area contributed by atoms with Crippen molar-refractivity contribution < 1.29 is 9.50 Å². The van der Waals surface area contributed by atoms with Gasteiger partial charge in [0.05, 0.1) is 6.10 Å². The summed E-state index contributed by atoms with van der Waals surface area (Å²) in [5.74, 6) is 0.0229. The van der Waals surface area contributed by atoms with Crippen molar-refractivity contribution in [3.63, 3.8) is 0 Å². The number of hydrogen-bond acceptors (Lipinski definition) is 3. The number of aliphatic hydroxyl groups excluding tert-OH is 1. The number of nitrogens with zero attached hydrogens (tertiary/aromatic N) is 1. The van der Waals surface area contributed by atoms with Gasteiger partial charge in [-0.25, -0.2) is 4.39 Å². The van der Waals surface area contributed by atoms with E-state index in [9.17, 15) is 9.50 Å². The fourth-order valence-corrected chi connectivity index (χ4v) is 2.88. The summed E-state index contributed by atoms with van der Waals surface area (Å²) in [5, 5.41) is 9.98. The van der Waals surface area contributed by atoms with Gasteiger partial charge in [-0.15, -0.1) is 0 Å². The highest BCUT2D eigenvalue weighted by Gasteiger charge is 2.29. The molecule has 1 saturated heterocycles. The first-order chi connectivity index (χ1) is 9.10. The van der Waals surface area contributed by atoms with Crippen LogP contribution in [0, 0.1) is 11.7 Å². The highest BCUT2D eigenvalue weighted by Crippen LogP contribution is 2.23. The van der Waals surface area contributed by atoms with Gasteiger partial charge in [-0.05, 0) is 24.8 Å². The second kappa shape index (κ2) is 6.46. The lowest BCUT2D eigenvalue weighted by atomic mass is 9.88. The number of piperidine rings is 1. The molecule has 0 aliphatic carbocycles. The molecule has 0 aromatic heterocycles. The Bertz CT molecular complexity index is 413. The molecule has 4 heteroatoms. The normalized spacial score (nSPS) is 26.3. The Morgan fingerprint density at radius 3 is 2.84 bits per heavy atom. The summed E-state index contributed by atoms with van der Waals surface area (Å²) in [6.45, 7) is 4.09. The zero-order valence-electron chi connectivity index (χ0n) is 11.4. The lowest BCUT2D eigenvalue weighted by Gasteiger charge is -2.38. The number of aliphatic hydroxyl groups is 1. The SMILES string of the molecule is CCC(O)C1CC(N)CN(Cc2ccccc2F)C1. The van der Waals surface area contributed by atoms with Crippen molar-refractivity contribution in [2.24, 2.45) is 11.7 Å². The highest BCUT2D eigenvalue weighted by molar-refractivity contribution is 5.17. The number of rotatable bonds is 4. The maximum Gasteiger partial charge on any atom is 0.127 e. The van der Waals surface area contributed by atoms with Crippen molar-refractivity contribution in [2.45, 2.75) is 38.5 Å². The van der Waals surface area contributed by atoms with Crippen LogP contribution in [0.2, 0.25) is 0 Å². The molecule has 3 N–H and O–H groups in total. The molecule has 1 aliphatic heterocycles. The van der Waals surface area contributed by atoms with Crippen molar-refractivity contribution in [3.05, 3.63) is 35.6 Å². The van der Waals surface area contributed by atoms with Crippen molar-refractivity contribution in [3.8, 4) is 0 Å². The number of hydrogen-bond donors (Lipinski definition) is 2. The summed E-state index contributed by atoms with van der Waals surface area (Å²) < 4.78 is 13.7. The number of likely N-dealkylation sites (tertiary alicyclic amines) is 1. The second-order valence-corrected chi connectivity index (χ2v) is 5.52. The molecule has 3 nitrogen and oxygen atoms in total. The summed E-state index contributed by atoms with van der Waals surface area (Å²) >= 11 is 0. The highest BCUT2D eigenvalue weighted by atomic mass is 19.1. The molecule has 0 saturated carbocycles. The van der Waals surface area contributed by atoms with Gasteiger partial charge in [-0.2, -0.15) is 0 Å². The smallest absolute Gasteiger partial charge is 0.127 e. The maximum atomic E-state index is 13.7. The molecule has 1 aromatic rings. The lowest BCUT2D eigenvalue weighted by Crippen LogP contribution is -2.49. The topological polar surface area (TPSA) is 49.5 Å². The van der Waals surface area contributed by atoms with Crippen molar-refractivity contribution >= 4 is 0 Å². The Kier molecular flexibility index (Phi) is 4.91. The van der Waals surface area contributed by atoms with Crippen LogP contribution in [-0.2, 0) is 6.54 Å². The predicted molar refractivity (Wildman–Crippen MR) is 74.1 cm³/mol. The predicted octanol–water partition coefficient (Wildman–Crippen LogP) is 1.75. The molecular formula is C15H23FN2O. The van der Waals surface area contributed by atoms with Crippen LogP contribution in [0.1, 0.15) is 25.3 Å². The third-order valence-electron chi connectivity index (χ3n) is 3.91. The van der Waals surface area contributed by atoms with E-state index in [1.807, 2.05) is 13.0 Å². The van der Waals surface area contributed by atoms with Crippen LogP contribution in [0.4, 0.5) is 4.39 Å². The molecule has 106 valence electrons. The van der Waals surface area contributed by atoms with E-state index in [0.29, 0.717) is 12.1 Å². The van der Waals surface area contributed by atoms with Crippen LogP contribution in [-0.4, -0.2) is 35.2 Å². The summed E-state index contributed by atoms with van der Waals surface area (Å²) in [6, 6.07) is 6.90. The molecule has 0 radical (unpaired) electrons. The van der Waals surface area contributed by atoms with Gasteiger partial charge in [0.25, 0.3) is 0 Å². The molecule has 0 spiro atoms. The van der Waals surface area contributed by atoms with E-state index >= 15 is 0 Å². The number of halogens is 1. The van der Waals surface area contributed by atoms with Crippen LogP contribution in [0.25, 0.3) is 0 Å². The quantitative estimate of drug-likeness (QED) is 0.873. The largest absolute Gasteiger partial charge is 0.393 e. The zero-order valence-corrected chi connectivity index (χ0v) is 11.4. The molecule has 0 amide bonds. The van der Waals surface area contributed by atoms with Crippen LogP contribution in [0.5, 0.6) is 0 Å². The molecule has 2 rings (SSSR count). The average Bonchev–Trinajstić information content (AvgIpc) is 2.40. The van der Waals surface area contributed by atoms with Crippen LogP contribution >= 0.6 is 0 Å². The van der Waals surface area contributed by atoms with E-state index in [1.54, 1.807) is 12.1 Å². The van der Waals surface area contributed by atoms with Gasteiger partial charge in [0, 0.05) is 31.2 Å². The summed E-state index contributed by atoms with van der Waals surface area (Å²) in [6.07, 6.45) is 1.28. The average molecular weight is 266 g/mol. The van der Waals surface area contributed by atoms with Gasteiger partial charge in [0.15, 0.2) is 0 Å². The lowest BCUT2D eigenvalue weighted by molar-refractivity contribution is 0.0384. The third kappa shape index (κ3) is 3.75. The minimum absolute atomic E-state index is 0.0618. The van der Waals surface area contributed by atoms with E-state index in [2.05, 4.69) is 4.90 Å². The van der Waals surface area contributed by atoms with E-state index in [4.69, 9.17) is 5.73 Å². The third-order valence-corrected chi connectivity index (χ3v) is 3.91. The Morgan fingerprint density at radius 1 is 1.42 bits per heavy atom. The minimum atomic E-state index is -0.311. The minimum Gasteiger partial charge on any atom is -0.393 e. The molecule has 3 unspecified atom stereocenters. The molecule has 3 atom stereocenters. The monoisotopic (exact) mass is 266 g/mol.